The first-order valence-corrected chi connectivity index (χ1v) is 8.06. The van der Waals surface area contributed by atoms with E-state index in [0.29, 0.717) is 26.8 Å². The number of alkyl halides is 2. The van der Waals surface area contributed by atoms with E-state index in [4.69, 9.17) is 11.6 Å². The predicted octanol–water partition coefficient (Wildman–Crippen LogP) is 5.07. The van der Waals surface area contributed by atoms with Gasteiger partial charge in [0.1, 0.15) is 17.3 Å². The van der Waals surface area contributed by atoms with Crippen LogP contribution in [-0.2, 0) is 0 Å². The van der Waals surface area contributed by atoms with Gasteiger partial charge in [0, 0.05) is 17.2 Å². The smallest absolute Gasteiger partial charge is 0.255 e. The molecule has 3 aromatic rings. The molecule has 0 bridgehead atoms. The summed E-state index contributed by atoms with van der Waals surface area (Å²) < 4.78 is 40.8. The molecule has 0 atom stereocenters. The van der Waals surface area contributed by atoms with Crippen LogP contribution in [0.2, 0.25) is 5.15 Å². The highest BCUT2D eigenvalue weighted by Gasteiger charge is 2.26. The molecule has 0 aliphatic heterocycles. The van der Waals surface area contributed by atoms with E-state index in [-0.39, 0.29) is 11.4 Å². The molecule has 2 aromatic heterocycles. The van der Waals surface area contributed by atoms with Crippen LogP contribution in [0, 0.1) is 5.82 Å². The Morgan fingerprint density at radius 3 is 2.64 bits per heavy atom. The highest BCUT2D eigenvalue weighted by molar-refractivity contribution is 6.29. The van der Waals surface area contributed by atoms with Crippen LogP contribution >= 0.6 is 11.6 Å². The molecule has 4 nitrogen and oxygen atoms in total. The maximum Gasteiger partial charge on any atom is 0.321 e. The molecule has 1 saturated carbocycles. The minimum absolute atomic E-state index is 0.106. The van der Waals surface area contributed by atoms with Gasteiger partial charge >= 0.3 is 6.55 Å². The van der Waals surface area contributed by atoms with Crippen molar-refractivity contribution in [3.8, 4) is 22.5 Å². The van der Waals surface area contributed by atoms with Gasteiger partial charge in [-0.15, -0.1) is 10.2 Å². The topological polar surface area (TPSA) is 43.6 Å². The Labute approximate surface area is 146 Å². The third kappa shape index (κ3) is 3.11. The van der Waals surface area contributed by atoms with Crippen molar-refractivity contribution in [2.24, 2.45) is 0 Å². The molecular weight excluding hydrogens is 353 g/mol. The van der Waals surface area contributed by atoms with Gasteiger partial charge in [-0.05, 0) is 48.2 Å². The van der Waals surface area contributed by atoms with Crippen molar-refractivity contribution in [3.63, 3.8) is 0 Å². The van der Waals surface area contributed by atoms with Gasteiger partial charge in [0.15, 0.2) is 5.82 Å². The third-order valence-corrected chi connectivity index (χ3v) is 4.32. The van der Waals surface area contributed by atoms with Gasteiger partial charge in [0.05, 0.1) is 0 Å². The summed E-state index contributed by atoms with van der Waals surface area (Å²) in [5.41, 5.74) is 2.30. The van der Waals surface area contributed by atoms with Crippen molar-refractivity contribution in [3.05, 3.63) is 53.3 Å². The van der Waals surface area contributed by atoms with Crippen LogP contribution in [0.1, 0.15) is 31.0 Å². The van der Waals surface area contributed by atoms with Crippen molar-refractivity contribution >= 4 is 11.6 Å². The molecular formula is C17H12ClF3N4. The maximum absolute atomic E-state index is 13.8. The lowest BCUT2D eigenvalue weighted by molar-refractivity contribution is 0.0716. The number of hydrogen-bond acceptors (Lipinski definition) is 3. The highest BCUT2D eigenvalue weighted by atomic mass is 35.5. The average molecular weight is 365 g/mol. The van der Waals surface area contributed by atoms with Crippen molar-refractivity contribution in [2.75, 3.05) is 0 Å². The van der Waals surface area contributed by atoms with E-state index < -0.39 is 12.4 Å². The number of nitrogens with zero attached hydrogens (tertiary/aromatic N) is 4. The van der Waals surface area contributed by atoms with Crippen LogP contribution in [0.5, 0.6) is 0 Å². The Hall–Kier alpha value is -2.41. The zero-order valence-electron chi connectivity index (χ0n) is 12.8. The zero-order valence-corrected chi connectivity index (χ0v) is 13.6. The van der Waals surface area contributed by atoms with Crippen LogP contribution in [0.3, 0.4) is 0 Å². The first-order valence-electron chi connectivity index (χ1n) is 7.68. The van der Waals surface area contributed by atoms with Crippen LogP contribution in [0.4, 0.5) is 13.2 Å². The van der Waals surface area contributed by atoms with E-state index in [9.17, 15) is 13.2 Å². The largest absolute Gasteiger partial charge is 0.321 e. The standard InChI is InChI=1S/C17H12ClF3N4/c18-15-6-10(5-14(23-15)9-1-2-9)12-4-3-11(19)7-13(12)16-24-22-8-25(16)17(20)21/h3-9,17H,1-2H2. The molecule has 0 N–H and O–H groups in total. The monoisotopic (exact) mass is 364 g/mol. The van der Waals surface area contributed by atoms with E-state index >= 15 is 0 Å². The molecule has 0 spiro atoms. The first kappa shape index (κ1) is 16.1. The quantitative estimate of drug-likeness (QED) is 0.607. The summed E-state index contributed by atoms with van der Waals surface area (Å²) in [6, 6.07) is 7.46. The number of hydrogen-bond donors (Lipinski definition) is 0. The molecule has 0 saturated heterocycles. The molecule has 1 aromatic carbocycles. The van der Waals surface area contributed by atoms with Gasteiger partial charge in [-0.25, -0.2) is 9.37 Å². The summed E-state index contributed by atoms with van der Waals surface area (Å²) in [4.78, 5) is 4.32. The highest BCUT2D eigenvalue weighted by Crippen LogP contribution is 2.42. The van der Waals surface area contributed by atoms with Gasteiger partial charge in [-0.3, -0.25) is 4.57 Å². The van der Waals surface area contributed by atoms with E-state index in [2.05, 4.69) is 15.2 Å². The molecule has 128 valence electrons. The van der Waals surface area contributed by atoms with Gasteiger partial charge in [-0.2, -0.15) is 8.78 Å². The predicted molar refractivity (Wildman–Crippen MR) is 86.9 cm³/mol. The number of rotatable bonds is 4. The fourth-order valence-corrected chi connectivity index (χ4v) is 3.01. The fourth-order valence-electron chi connectivity index (χ4n) is 2.79. The van der Waals surface area contributed by atoms with Gasteiger partial charge in [0.25, 0.3) is 0 Å². The Morgan fingerprint density at radius 1 is 1.12 bits per heavy atom. The molecule has 8 heteroatoms. The Kier molecular flexibility index (Phi) is 3.95. The molecule has 1 aliphatic rings. The second kappa shape index (κ2) is 6.15. The normalized spacial score (nSPS) is 14.3. The number of aromatic nitrogens is 4. The number of halogens is 4. The molecule has 4 rings (SSSR count). The molecule has 2 heterocycles. The summed E-state index contributed by atoms with van der Waals surface area (Å²) >= 11 is 6.12. The van der Waals surface area contributed by atoms with Crippen molar-refractivity contribution in [1.29, 1.82) is 0 Å². The third-order valence-electron chi connectivity index (χ3n) is 4.13. The van der Waals surface area contributed by atoms with Crippen molar-refractivity contribution < 1.29 is 13.2 Å². The SMILES string of the molecule is Fc1ccc(-c2cc(Cl)nc(C3CC3)c2)c(-c2nncn2C(F)F)c1. The van der Waals surface area contributed by atoms with Crippen molar-refractivity contribution in [1.82, 2.24) is 19.7 Å². The minimum Gasteiger partial charge on any atom is -0.255 e. The summed E-state index contributed by atoms with van der Waals surface area (Å²) in [5.74, 6) is -0.290. The van der Waals surface area contributed by atoms with E-state index in [0.717, 1.165) is 24.9 Å². The summed E-state index contributed by atoms with van der Waals surface area (Å²) in [6.45, 7) is -2.83. The van der Waals surface area contributed by atoms with E-state index in [1.54, 1.807) is 6.07 Å². The van der Waals surface area contributed by atoms with Crippen LogP contribution in [0.25, 0.3) is 22.5 Å². The van der Waals surface area contributed by atoms with Crippen LogP contribution in [0.15, 0.2) is 36.7 Å². The average Bonchev–Trinajstić information content (AvgIpc) is 3.30. The number of pyridine rings is 1. The second-order valence-electron chi connectivity index (χ2n) is 5.91. The minimum atomic E-state index is -2.83. The maximum atomic E-state index is 13.8. The van der Waals surface area contributed by atoms with Crippen LogP contribution < -0.4 is 0 Å². The molecule has 1 aliphatic carbocycles. The fraction of sp³-hybridized carbons (Fsp3) is 0.235. The number of benzene rings is 1. The second-order valence-corrected chi connectivity index (χ2v) is 6.29. The Morgan fingerprint density at radius 2 is 1.92 bits per heavy atom. The van der Waals surface area contributed by atoms with Gasteiger partial charge in [-0.1, -0.05) is 17.7 Å². The molecule has 25 heavy (non-hydrogen) atoms. The lowest BCUT2D eigenvalue weighted by Crippen LogP contribution is -2.01. The molecule has 0 radical (unpaired) electrons. The van der Waals surface area contributed by atoms with E-state index in [1.165, 1.54) is 18.2 Å². The summed E-state index contributed by atoms with van der Waals surface area (Å²) in [7, 11) is 0. The summed E-state index contributed by atoms with van der Waals surface area (Å²) in [6.07, 6.45) is 3.01. The van der Waals surface area contributed by atoms with E-state index in [1.807, 2.05) is 6.07 Å². The van der Waals surface area contributed by atoms with Crippen molar-refractivity contribution in [2.45, 2.75) is 25.3 Å². The van der Waals surface area contributed by atoms with Crippen LogP contribution in [-0.4, -0.2) is 19.7 Å². The molecule has 0 amide bonds. The lowest BCUT2D eigenvalue weighted by Gasteiger charge is -2.12. The summed E-state index contributed by atoms with van der Waals surface area (Å²) in [5, 5.41) is 7.58. The Balaban J connectivity index is 1.90. The zero-order chi connectivity index (χ0) is 17.6. The van der Waals surface area contributed by atoms with Gasteiger partial charge in [0.2, 0.25) is 0 Å². The first-order chi connectivity index (χ1) is 12.0. The lowest BCUT2D eigenvalue weighted by atomic mass is 9.98. The van der Waals surface area contributed by atoms with Gasteiger partial charge < -0.3 is 0 Å². The Bertz CT molecular complexity index is 937. The molecule has 0 unspecified atom stereocenters. The molecule has 1 fully saturated rings.